The molecule has 1 atom stereocenters. The first-order valence-corrected chi connectivity index (χ1v) is 7.99. The Morgan fingerprint density at radius 1 is 0.952 bits per heavy atom. The van der Waals surface area contributed by atoms with Crippen LogP contribution in [-0.4, -0.2) is 12.6 Å². The highest BCUT2D eigenvalue weighted by atomic mass is 35.5. The summed E-state index contributed by atoms with van der Waals surface area (Å²) < 4.78 is 0. The fourth-order valence-corrected chi connectivity index (χ4v) is 3.14. The average Bonchev–Trinajstić information content (AvgIpc) is 2.37. The molecular formula is C19H24ClN. The molecule has 0 aliphatic rings. The molecule has 0 saturated heterocycles. The van der Waals surface area contributed by atoms with Gasteiger partial charge in [-0.2, -0.15) is 0 Å². The minimum atomic E-state index is 0.440. The first-order chi connectivity index (χ1) is 10.1. The van der Waals surface area contributed by atoms with E-state index in [9.17, 15) is 0 Å². The lowest BCUT2D eigenvalue weighted by Gasteiger charge is -2.19. The van der Waals surface area contributed by atoms with Gasteiger partial charge in [0.05, 0.1) is 0 Å². The molecule has 0 amide bonds. The highest BCUT2D eigenvalue weighted by Crippen LogP contribution is 2.16. The normalized spacial score (nSPS) is 12.4. The van der Waals surface area contributed by atoms with Crippen LogP contribution in [0.15, 0.2) is 42.5 Å². The van der Waals surface area contributed by atoms with Crippen LogP contribution in [0.3, 0.4) is 0 Å². The van der Waals surface area contributed by atoms with Gasteiger partial charge in [-0.3, -0.25) is 0 Å². The van der Waals surface area contributed by atoms with E-state index in [2.05, 4.69) is 56.4 Å². The molecule has 21 heavy (non-hydrogen) atoms. The number of benzene rings is 2. The standard InChI is InChI=1S/C19H24ClN/c1-4-21-19(12-16-6-5-7-18(20)11-16)13-17-9-14(2)8-15(3)10-17/h5-11,19,21H,4,12-13H2,1-3H3. The number of halogens is 1. The Bertz CT molecular complexity index is 572. The molecule has 0 aliphatic carbocycles. The molecule has 1 N–H and O–H groups in total. The maximum atomic E-state index is 6.09. The second-order valence-corrected chi connectivity index (χ2v) is 6.23. The number of hydrogen-bond donors (Lipinski definition) is 1. The summed E-state index contributed by atoms with van der Waals surface area (Å²) in [6, 6.07) is 15.4. The van der Waals surface area contributed by atoms with E-state index in [4.69, 9.17) is 11.6 Å². The minimum absolute atomic E-state index is 0.440. The van der Waals surface area contributed by atoms with Gasteiger partial charge in [0, 0.05) is 11.1 Å². The van der Waals surface area contributed by atoms with Crippen LogP contribution >= 0.6 is 11.6 Å². The van der Waals surface area contributed by atoms with Gasteiger partial charge in [0.1, 0.15) is 0 Å². The van der Waals surface area contributed by atoms with Gasteiger partial charge in [0.2, 0.25) is 0 Å². The van der Waals surface area contributed by atoms with Gasteiger partial charge < -0.3 is 5.32 Å². The molecular weight excluding hydrogens is 278 g/mol. The Morgan fingerprint density at radius 3 is 2.24 bits per heavy atom. The molecule has 2 aromatic rings. The van der Waals surface area contributed by atoms with Gasteiger partial charge in [-0.15, -0.1) is 0 Å². The number of aryl methyl sites for hydroxylation is 2. The third-order valence-electron chi connectivity index (χ3n) is 3.63. The van der Waals surface area contributed by atoms with Gasteiger partial charge in [-0.1, -0.05) is 60.0 Å². The predicted octanol–water partition coefficient (Wildman–Crippen LogP) is 4.72. The summed E-state index contributed by atoms with van der Waals surface area (Å²) in [5.41, 5.74) is 5.37. The molecule has 1 unspecified atom stereocenters. The third-order valence-corrected chi connectivity index (χ3v) is 3.86. The van der Waals surface area contributed by atoms with E-state index < -0.39 is 0 Å². The van der Waals surface area contributed by atoms with Gasteiger partial charge in [0.15, 0.2) is 0 Å². The second kappa shape index (κ2) is 7.63. The summed E-state index contributed by atoms with van der Waals surface area (Å²) in [6.45, 7) is 7.47. The highest BCUT2D eigenvalue weighted by molar-refractivity contribution is 6.30. The summed E-state index contributed by atoms with van der Waals surface area (Å²) in [4.78, 5) is 0. The number of likely N-dealkylation sites (N-methyl/N-ethyl adjacent to an activating group) is 1. The van der Waals surface area contributed by atoms with Crippen molar-refractivity contribution in [3.8, 4) is 0 Å². The van der Waals surface area contributed by atoms with Crippen molar-refractivity contribution in [2.24, 2.45) is 0 Å². The SMILES string of the molecule is CCNC(Cc1cc(C)cc(C)c1)Cc1cccc(Cl)c1. The Kier molecular flexibility index (Phi) is 5.84. The van der Waals surface area contributed by atoms with Gasteiger partial charge in [0.25, 0.3) is 0 Å². The molecule has 0 radical (unpaired) electrons. The Balaban J connectivity index is 2.11. The molecule has 2 heteroatoms. The predicted molar refractivity (Wildman–Crippen MR) is 92.2 cm³/mol. The van der Waals surface area contributed by atoms with E-state index in [0.29, 0.717) is 6.04 Å². The van der Waals surface area contributed by atoms with Crippen LogP contribution < -0.4 is 5.32 Å². The summed E-state index contributed by atoms with van der Waals surface area (Å²) >= 11 is 6.09. The van der Waals surface area contributed by atoms with Crippen molar-refractivity contribution in [1.29, 1.82) is 0 Å². The maximum Gasteiger partial charge on any atom is 0.0408 e. The minimum Gasteiger partial charge on any atom is -0.314 e. The van der Waals surface area contributed by atoms with Crippen molar-refractivity contribution < 1.29 is 0 Å². The van der Waals surface area contributed by atoms with Crippen molar-refractivity contribution in [2.45, 2.75) is 39.7 Å². The average molecular weight is 302 g/mol. The molecule has 112 valence electrons. The number of rotatable bonds is 6. The molecule has 0 heterocycles. The lowest BCUT2D eigenvalue weighted by molar-refractivity contribution is 0.521. The molecule has 0 spiro atoms. The van der Waals surface area contributed by atoms with Crippen molar-refractivity contribution in [3.63, 3.8) is 0 Å². The fraction of sp³-hybridized carbons (Fsp3) is 0.368. The van der Waals surface area contributed by atoms with E-state index in [1.54, 1.807) is 0 Å². The van der Waals surface area contributed by atoms with Crippen LogP contribution in [0.25, 0.3) is 0 Å². The molecule has 0 fully saturated rings. The van der Waals surface area contributed by atoms with Crippen molar-refractivity contribution in [2.75, 3.05) is 6.54 Å². The van der Waals surface area contributed by atoms with E-state index >= 15 is 0 Å². The van der Waals surface area contributed by atoms with Gasteiger partial charge in [-0.05, 0) is 56.5 Å². The van der Waals surface area contributed by atoms with Crippen molar-refractivity contribution >= 4 is 11.6 Å². The second-order valence-electron chi connectivity index (χ2n) is 5.79. The monoisotopic (exact) mass is 301 g/mol. The van der Waals surface area contributed by atoms with E-state index in [1.165, 1.54) is 22.3 Å². The first kappa shape index (κ1) is 16.1. The Labute approximate surface area is 133 Å². The van der Waals surface area contributed by atoms with Gasteiger partial charge >= 0.3 is 0 Å². The lowest BCUT2D eigenvalue weighted by atomic mass is 9.96. The summed E-state index contributed by atoms with van der Waals surface area (Å²) in [5.74, 6) is 0. The smallest absolute Gasteiger partial charge is 0.0408 e. The number of nitrogens with one attached hydrogen (secondary N) is 1. The molecule has 0 bridgehead atoms. The summed E-state index contributed by atoms with van der Waals surface area (Å²) in [5, 5.41) is 4.41. The molecule has 2 aromatic carbocycles. The zero-order chi connectivity index (χ0) is 15.2. The van der Waals surface area contributed by atoms with Crippen LogP contribution in [0, 0.1) is 13.8 Å². The van der Waals surface area contributed by atoms with Crippen LogP contribution in [0.4, 0.5) is 0 Å². The largest absolute Gasteiger partial charge is 0.314 e. The fourth-order valence-electron chi connectivity index (χ4n) is 2.92. The Morgan fingerprint density at radius 2 is 1.62 bits per heavy atom. The zero-order valence-electron chi connectivity index (χ0n) is 13.1. The van der Waals surface area contributed by atoms with Crippen LogP contribution in [0.1, 0.15) is 29.2 Å². The molecule has 0 saturated carbocycles. The van der Waals surface area contributed by atoms with Crippen LogP contribution in [0.2, 0.25) is 5.02 Å². The quantitative estimate of drug-likeness (QED) is 0.814. The molecule has 1 nitrogen and oxygen atoms in total. The molecule has 2 rings (SSSR count). The topological polar surface area (TPSA) is 12.0 Å². The van der Waals surface area contributed by atoms with Crippen molar-refractivity contribution in [1.82, 2.24) is 5.32 Å². The summed E-state index contributed by atoms with van der Waals surface area (Å²) in [7, 11) is 0. The van der Waals surface area contributed by atoms with E-state index in [1.807, 2.05) is 12.1 Å². The van der Waals surface area contributed by atoms with E-state index in [-0.39, 0.29) is 0 Å². The van der Waals surface area contributed by atoms with E-state index in [0.717, 1.165) is 24.4 Å². The van der Waals surface area contributed by atoms with Gasteiger partial charge in [-0.25, -0.2) is 0 Å². The van der Waals surface area contributed by atoms with Crippen molar-refractivity contribution in [3.05, 3.63) is 69.7 Å². The third kappa shape index (κ3) is 5.18. The van der Waals surface area contributed by atoms with Crippen LogP contribution in [-0.2, 0) is 12.8 Å². The number of hydrogen-bond acceptors (Lipinski definition) is 1. The zero-order valence-corrected chi connectivity index (χ0v) is 13.9. The first-order valence-electron chi connectivity index (χ1n) is 7.62. The van der Waals surface area contributed by atoms with Crippen LogP contribution in [0.5, 0.6) is 0 Å². The molecule has 0 aliphatic heterocycles. The lowest BCUT2D eigenvalue weighted by Crippen LogP contribution is -2.33. The maximum absolute atomic E-state index is 6.09. The summed E-state index contributed by atoms with van der Waals surface area (Å²) in [6.07, 6.45) is 2.05. The Hall–Kier alpha value is -1.31. The highest BCUT2D eigenvalue weighted by Gasteiger charge is 2.10. The molecule has 0 aromatic heterocycles.